The molecule has 0 amide bonds. The van der Waals surface area contributed by atoms with E-state index in [1.165, 1.54) is 37.1 Å². The molecule has 0 spiro atoms. The molecule has 0 saturated carbocycles. The molecule has 0 unspecified atom stereocenters. The van der Waals surface area contributed by atoms with Crippen molar-refractivity contribution >= 4 is 33.9 Å². The van der Waals surface area contributed by atoms with Crippen LogP contribution in [0.5, 0.6) is 5.88 Å². The fourth-order valence-electron chi connectivity index (χ4n) is 1.64. The van der Waals surface area contributed by atoms with Crippen LogP contribution in [-0.4, -0.2) is 25.6 Å². The lowest BCUT2D eigenvalue weighted by atomic mass is 10.1. The first-order chi connectivity index (χ1) is 10.5. The monoisotopic (exact) mass is 336 g/mol. The van der Waals surface area contributed by atoms with Gasteiger partial charge in [-0.25, -0.2) is 0 Å². The largest absolute Gasteiger partial charge is 0.493 e. The van der Waals surface area contributed by atoms with Gasteiger partial charge in [0.2, 0.25) is 5.88 Å². The van der Waals surface area contributed by atoms with E-state index in [-0.39, 0.29) is 22.7 Å². The second-order valence-corrected chi connectivity index (χ2v) is 6.60. The van der Waals surface area contributed by atoms with E-state index in [1.54, 1.807) is 0 Å². The van der Waals surface area contributed by atoms with Crippen LogP contribution < -0.4 is 5.56 Å². The van der Waals surface area contributed by atoms with Crippen LogP contribution in [0.1, 0.15) is 18.1 Å². The maximum atomic E-state index is 12.1. The minimum absolute atomic E-state index is 0.00301. The fourth-order valence-corrected chi connectivity index (χ4v) is 3.20. The number of hydrogen-bond donors (Lipinski definition) is 1. The summed E-state index contributed by atoms with van der Waals surface area (Å²) in [5, 5.41) is 34.7. The molecule has 2 rings (SSSR count). The van der Waals surface area contributed by atoms with Gasteiger partial charge in [0.05, 0.1) is 0 Å². The van der Waals surface area contributed by atoms with Crippen LogP contribution in [0.15, 0.2) is 19.4 Å². The maximum Gasteiger partial charge on any atom is 0.281 e. The van der Waals surface area contributed by atoms with Crippen LogP contribution in [0.25, 0.3) is 0 Å². The zero-order chi connectivity index (χ0) is 16.3. The molecule has 22 heavy (non-hydrogen) atoms. The van der Waals surface area contributed by atoms with E-state index >= 15 is 0 Å². The van der Waals surface area contributed by atoms with Crippen LogP contribution in [0.3, 0.4) is 0 Å². The van der Waals surface area contributed by atoms with Gasteiger partial charge in [-0.05, 0) is 12.7 Å². The van der Waals surface area contributed by atoms with Gasteiger partial charge in [-0.15, -0.1) is 20.4 Å². The Morgan fingerprint density at radius 2 is 2.18 bits per heavy atom. The summed E-state index contributed by atoms with van der Waals surface area (Å²) >= 11 is 2.80. The summed E-state index contributed by atoms with van der Waals surface area (Å²) in [5.74, 6) is 0.482. The quantitative estimate of drug-likeness (QED) is 0.677. The number of aromatic nitrogens is 3. The fraction of sp³-hybridized carbons (Fsp3) is 0.333. The molecule has 0 aromatic carbocycles. The zero-order valence-electron chi connectivity index (χ0n) is 12.1. The van der Waals surface area contributed by atoms with Gasteiger partial charge in [-0.1, -0.05) is 30.0 Å². The van der Waals surface area contributed by atoms with E-state index in [1.807, 2.05) is 13.0 Å². The van der Waals surface area contributed by atoms with Gasteiger partial charge in [0.25, 0.3) is 10.7 Å². The van der Waals surface area contributed by atoms with Crippen LogP contribution in [0.2, 0.25) is 0 Å². The van der Waals surface area contributed by atoms with Crippen molar-refractivity contribution in [3.8, 4) is 11.9 Å². The first kappa shape index (κ1) is 16.1. The third kappa shape index (κ3) is 3.00. The molecule has 8 nitrogen and oxygen atoms in total. The highest BCUT2D eigenvalue weighted by Crippen LogP contribution is 2.29. The lowest BCUT2D eigenvalue weighted by Crippen LogP contribution is -2.18. The Morgan fingerprint density at radius 1 is 1.45 bits per heavy atom. The van der Waals surface area contributed by atoms with E-state index in [0.717, 1.165) is 14.7 Å². The first-order valence-corrected chi connectivity index (χ1v) is 8.00. The smallest absolute Gasteiger partial charge is 0.281 e. The highest BCUT2D eigenvalue weighted by molar-refractivity contribution is 8.01. The van der Waals surface area contributed by atoms with Gasteiger partial charge < -0.3 is 5.11 Å². The van der Waals surface area contributed by atoms with Crippen LogP contribution in [0.4, 0.5) is 10.8 Å². The van der Waals surface area contributed by atoms with Gasteiger partial charge >= 0.3 is 0 Å². The van der Waals surface area contributed by atoms with Gasteiger partial charge in [0, 0.05) is 12.6 Å². The number of thioether (sulfide) groups is 1. The Balaban J connectivity index is 2.45. The molecule has 10 heteroatoms. The Kier molecular flexibility index (Phi) is 4.89. The molecule has 0 fully saturated rings. The van der Waals surface area contributed by atoms with Gasteiger partial charge in [-0.3, -0.25) is 9.36 Å². The topological polar surface area (TPSA) is 117 Å². The Morgan fingerprint density at radius 3 is 2.82 bits per heavy atom. The highest BCUT2D eigenvalue weighted by Gasteiger charge is 2.17. The average molecular weight is 336 g/mol. The summed E-state index contributed by atoms with van der Waals surface area (Å²) < 4.78 is 1.72. The van der Waals surface area contributed by atoms with Gasteiger partial charge in [0.15, 0.2) is 10.0 Å². The van der Waals surface area contributed by atoms with Crippen molar-refractivity contribution in [1.29, 1.82) is 5.26 Å². The van der Waals surface area contributed by atoms with Crippen molar-refractivity contribution in [1.82, 2.24) is 14.8 Å². The molecule has 2 heterocycles. The minimum Gasteiger partial charge on any atom is -0.493 e. The molecule has 0 atom stereocenters. The standard InChI is InChI=1S/C12H12N6O2S2/c1-4-21-12-17-16-11(22-12)15-14-8-6(2)7(5-13)9(19)18(3)10(8)20/h19H,4H2,1-3H3. The van der Waals surface area contributed by atoms with Crippen molar-refractivity contribution in [3.05, 3.63) is 21.5 Å². The number of azo groups is 1. The molecule has 114 valence electrons. The van der Waals surface area contributed by atoms with Crippen LogP contribution >= 0.6 is 23.1 Å². The third-order valence-corrected chi connectivity index (χ3v) is 4.61. The van der Waals surface area contributed by atoms with Gasteiger partial charge in [0.1, 0.15) is 11.6 Å². The molecule has 2 aromatic heterocycles. The maximum absolute atomic E-state index is 12.1. The van der Waals surface area contributed by atoms with Crippen molar-refractivity contribution < 1.29 is 5.11 Å². The van der Waals surface area contributed by atoms with Crippen molar-refractivity contribution in [3.63, 3.8) is 0 Å². The van der Waals surface area contributed by atoms with Crippen molar-refractivity contribution in [2.24, 2.45) is 17.3 Å². The summed E-state index contributed by atoms with van der Waals surface area (Å²) in [4.78, 5) is 12.1. The number of pyridine rings is 1. The van der Waals surface area contributed by atoms with E-state index in [0.29, 0.717) is 5.13 Å². The number of hydrogen-bond acceptors (Lipinski definition) is 9. The number of rotatable bonds is 4. The molecule has 2 aromatic rings. The SMILES string of the molecule is CCSc1nnc(N=Nc2c(C)c(C#N)c(O)n(C)c2=O)s1. The van der Waals surface area contributed by atoms with Crippen LogP contribution in [0, 0.1) is 18.3 Å². The summed E-state index contributed by atoms with van der Waals surface area (Å²) in [6, 6.07) is 1.85. The normalized spacial score (nSPS) is 11.0. The highest BCUT2D eigenvalue weighted by atomic mass is 32.2. The molecule has 0 radical (unpaired) electrons. The summed E-state index contributed by atoms with van der Waals surface area (Å²) in [6.07, 6.45) is 0. The van der Waals surface area contributed by atoms with Crippen molar-refractivity contribution in [2.75, 3.05) is 5.75 Å². The predicted molar refractivity (Wildman–Crippen MR) is 83.3 cm³/mol. The zero-order valence-corrected chi connectivity index (χ0v) is 13.7. The second kappa shape index (κ2) is 6.67. The van der Waals surface area contributed by atoms with E-state index in [2.05, 4.69) is 20.4 Å². The molecular formula is C12H12N6O2S2. The molecule has 0 aliphatic heterocycles. The Hall–Kier alpha value is -2.25. The first-order valence-electron chi connectivity index (χ1n) is 6.20. The molecule has 0 aliphatic carbocycles. The van der Waals surface area contributed by atoms with E-state index < -0.39 is 5.56 Å². The lowest BCUT2D eigenvalue weighted by Gasteiger charge is -2.07. The van der Waals surface area contributed by atoms with E-state index in [9.17, 15) is 9.90 Å². The summed E-state index contributed by atoms with van der Waals surface area (Å²) in [7, 11) is 1.36. The average Bonchev–Trinajstić information content (AvgIpc) is 2.94. The third-order valence-electron chi connectivity index (χ3n) is 2.79. The minimum atomic E-state index is -0.537. The number of nitriles is 1. The summed E-state index contributed by atoms with van der Waals surface area (Å²) in [5.41, 5.74) is -0.266. The molecule has 0 bridgehead atoms. The molecule has 1 N–H and O–H groups in total. The molecular weight excluding hydrogens is 324 g/mol. The van der Waals surface area contributed by atoms with Crippen LogP contribution in [-0.2, 0) is 7.05 Å². The Bertz CT molecular complexity index is 833. The van der Waals surface area contributed by atoms with Gasteiger partial charge in [-0.2, -0.15) is 5.26 Å². The number of aromatic hydroxyl groups is 1. The predicted octanol–water partition coefficient (Wildman–Crippen LogP) is 2.65. The Labute approximate surface area is 134 Å². The lowest BCUT2D eigenvalue weighted by molar-refractivity contribution is 0.421. The summed E-state index contributed by atoms with van der Waals surface area (Å²) in [6.45, 7) is 3.53. The molecule has 0 saturated heterocycles. The second-order valence-electron chi connectivity index (χ2n) is 4.13. The van der Waals surface area contributed by atoms with E-state index in [4.69, 9.17) is 5.26 Å². The number of nitrogens with zero attached hydrogens (tertiary/aromatic N) is 6. The van der Waals surface area contributed by atoms with Crippen molar-refractivity contribution in [2.45, 2.75) is 18.2 Å². The molecule has 0 aliphatic rings.